The molecule has 1 atom stereocenters. The Bertz CT molecular complexity index is 499. The van der Waals surface area contributed by atoms with Crippen LogP contribution in [-0.2, 0) is 11.2 Å². The zero-order valence-corrected chi connectivity index (χ0v) is 13.3. The van der Waals surface area contributed by atoms with Gasteiger partial charge < -0.3 is 10.3 Å². The number of nitrogens with zero attached hydrogens (tertiary/aromatic N) is 1. The highest BCUT2D eigenvalue weighted by atomic mass is 32.2. The molecule has 112 valence electrons. The van der Waals surface area contributed by atoms with Crippen molar-refractivity contribution in [3.63, 3.8) is 0 Å². The predicted molar refractivity (Wildman–Crippen MR) is 82.0 cm³/mol. The van der Waals surface area contributed by atoms with Crippen LogP contribution in [0.5, 0.6) is 0 Å². The van der Waals surface area contributed by atoms with Gasteiger partial charge in [-0.1, -0.05) is 39.0 Å². The summed E-state index contributed by atoms with van der Waals surface area (Å²) in [4.78, 5) is 30.5. The molecule has 0 aromatic carbocycles. The van der Waals surface area contributed by atoms with Gasteiger partial charge in [-0.15, -0.1) is 0 Å². The summed E-state index contributed by atoms with van der Waals surface area (Å²) in [5.41, 5.74) is 0.606. The standard InChI is InChI=1S/C14H23N3O2S/c1-5-6-11-7-12(18)17-14(16-11)20-10(4)13(19)15-8-9(2)3/h7,9-10H,5-6,8H2,1-4H3,(H,15,19)(H,16,17,18). The average molecular weight is 297 g/mol. The van der Waals surface area contributed by atoms with Gasteiger partial charge in [0.2, 0.25) is 5.91 Å². The van der Waals surface area contributed by atoms with Crippen LogP contribution in [0.3, 0.4) is 0 Å². The molecule has 1 amide bonds. The number of carbonyl (C=O) groups excluding carboxylic acids is 1. The molecule has 6 heteroatoms. The Kier molecular flexibility index (Phi) is 6.78. The Balaban J connectivity index is 2.67. The van der Waals surface area contributed by atoms with E-state index in [1.165, 1.54) is 17.8 Å². The number of thioether (sulfide) groups is 1. The molecule has 0 saturated heterocycles. The second kappa shape index (κ2) is 8.09. The van der Waals surface area contributed by atoms with Crippen LogP contribution in [0.1, 0.15) is 39.8 Å². The van der Waals surface area contributed by atoms with Crippen molar-refractivity contribution in [1.82, 2.24) is 15.3 Å². The van der Waals surface area contributed by atoms with E-state index in [-0.39, 0.29) is 16.7 Å². The monoisotopic (exact) mass is 297 g/mol. The first kappa shape index (κ1) is 16.8. The highest BCUT2D eigenvalue weighted by Gasteiger charge is 2.16. The average Bonchev–Trinajstić information content (AvgIpc) is 2.35. The van der Waals surface area contributed by atoms with Crippen molar-refractivity contribution in [1.29, 1.82) is 0 Å². The summed E-state index contributed by atoms with van der Waals surface area (Å²) in [5.74, 6) is 0.384. The number of aryl methyl sites for hydroxylation is 1. The lowest BCUT2D eigenvalue weighted by molar-refractivity contribution is -0.120. The van der Waals surface area contributed by atoms with Crippen molar-refractivity contribution < 1.29 is 4.79 Å². The Labute approximate surface area is 124 Å². The minimum Gasteiger partial charge on any atom is -0.355 e. The van der Waals surface area contributed by atoms with Gasteiger partial charge >= 0.3 is 0 Å². The summed E-state index contributed by atoms with van der Waals surface area (Å²) < 4.78 is 0. The first-order chi connectivity index (χ1) is 9.42. The molecule has 0 bridgehead atoms. The second-order valence-electron chi connectivity index (χ2n) is 5.19. The predicted octanol–water partition coefficient (Wildman–Crippen LogP) is 1.98. The van der Waals surface area contributed by atoms with Crippen LogP contribution in [0.25, 0.3) is 0 Å². The van der Waals surface area contributed by atoms with Gasteiger partial charge in [0.15, 0.2) is 5.16 Å². The van der Waals surface area contributed by atoms with Crippen LogP contribution >= 0.6 is 11.8 Å². The van der Waals surface area contributed by atoms with E-state index in [0.29, 0.717) is 17.6 Å². The van der Waals surface area contributed by atoms with E-state index < -0.39 is 0 Å². The van der Waals surface area contributed by atoms with Crippen molar-refractivity contribution in [2.24, 2.45) is 5.92 Å². The van der Waals surface area contributed by atoms with Crippen molar-refractivity contribution in [2.45, 2.75) is 50.9 Å². The van der Waals surface area contributed by atoms with E-state index >= 15 is 0 Å². The number of hydrogen-bond donors (Lipinski definition) is 2. The molecule has 1 rings (SSSR count). The number of H-pyrrole nitrogens is 1. The van der Waals surface area contributed by atoms with Crippen LogP contribution in [0.2, 0.25) is 0 Å². The smallest absolute Gasteiger partial charge is 0.251 e. The molecule has 1 aromatic rings. The second-order valence-corrected chi connectivity index (χ2v) is 6.52. The van der Waals surface area contributed by atoms with Crippen LogP contribution in [0.15, 0.2) is 16.0 Å². The molecule has 0 fully saturated rings. The van der Waals surface area contributed by atoms with Crippen molar-refractivity contribution in [2.75, 3.05) is 6.54 Å². The van der Waals surface area contributed by atoms with Crippen LogP contribution in [-0.4, -0.2) is 27.7 Å². The molecule has 1 unspecified atom stereocenters. The molecular formula is C14H23N3O2S. The van der Waals surface area contributed by atoms with E-state index in [9.17, 15) is 9.59 Å². The molecule has 1 heterocycles. The van der Waals surface area contributed by atoms with Crippen LogP contribution in [0.4, 0.5) is 0 Å². The topological polar surface area (TPSA) is 74.8 Å². The molecule has 2 N–H and O–H groups in total. The third kappa shape index (κ3) is 5.77. The SMILES string of the molecule is CCCc1cc(=O)[nH]c(SC(C)C(=O)NCC(C)C)n1. The quantitative estimate of drug-likeness (QED) is 0.596. The lowest BCUT2D eigenvalue weighted by Crippen LogP contribution is -2.33. The van der Waals surface area contributed by atoms with Gasteiger partial charge in [0.1, 0.15) is 0 Å². The fraction of sp³-hybridized carbons (Fsp3) is 0.643. The Morgan fingerprint density at radius 1 is 1.45 bits per heavy atom. The maximum absolute atomic E-state index is 11.9. The first-order valence-corrected chi connectivity index (χ1v) is 7.85. The fourth-order valence-corrected chi connectivity index (χ4v) is 2.45. The van der Waals surface area contributed by atoms with Gasteiger partial charge in [-0.2, -0.15) is 0 Å². The Hall–Kier alpha value is -1.30. The third-order valence-electron chi connectivity index (χ3n) is 2.62. The lowest BCUT2D eigenvalue weighted by Gasteiger charge is -2.13. The van der Waals surface area contributed by atoms with Crippen molar-refractivity contribution >= 4 is 17.7 Å². The molecular weight excluding hydrogens is 274 g/mol. The van der Waals surface area contributed by atoms with Crippen LogP contribution in [0, 0.1) is 5.92 Å². The number of nitrogens with one attached hydrogen (secondary N) is 2. The molecule has 0 aliphatic rings. The van der Waals surface area contributed by atoms with Gasteiger partial charge in [0.05, 0.1) is 5.25 Å². The third-order valence-corrected chi connectivity index (χ3v) is 3.61. The molecule has 20 heavy (non-hydrogen) atoms. The summed E-state index contributed by atoms with van der Waals surface area (Å²) in [7, 11) is 0. The van der Waals surface area contributed by atoms with E-state index in [1.54, 1.807) is 0 Å². The number of hydrogen-bond acceptors (Lipinski definition) is 4. The maximum Gasteiger partial charge on any atom is 0.251 e. The number of aromatic nitrogens is 2. The fourth-order valence-electron chi connectivity index (χ4n) is 1.59. The van der Waals surface area contributed by atoms with Gasteiger partial charge in [0, 0.05) is 18.3 Å². The Morgan fingerprint density at radius 3 is 2.75 bits per heavy atom. The normalized spacial score (nSPS) is 12.4. The zero-order valence-electron chi connectivity index (χ0n) is 12.5. The lowest BCUT2D eigenvalue weighted by atomic mass is 10.2. The maximum atomic E-state index is 11.9. The summed E-state index contributed by atoms with van der Waals surface area (Å²) in [6.45, 7) is 8.60. The minimum absolute atomic E-state index is 0.0350. The number of aromatic amines is 1. The summed E-state index contributed by atoms with van der Waals surface area (Å²) in [5, 5.41) is 3.10. The number of carbonyl (C=O) groups is 1. The van der Waals surface area contributed by atoms with Crippen molar-refractivity contribution in [3.8, 4) is 0 Å². The van der Waals surface area contributed by atoms with E-state index in [0.717, 1.165) is 18.5 Å². The molecule has 0 aliphatic heterocycles. The van der Waals surface area contributed by atoms with Crippen molar-refractivity contribution in [3.05, 3.63) is 22.1 Å². The van der Waals surface area contributed by atoms with Crippen LogP contribution < -0.4 is 10.9 Å². The largest absolute Gasteiger partial charge is 0.355 e. The molecule has 0 radical (unpaired) electrons. The van der Waals surface area contributed by atoms with E-state index in [1.807, 2.05) is 27.7 Å². The number of amides is 1. The van der Waals surface area contributed by atoms with Gasteiger partial charge in [0.25, 0.3) is 5.56 Å². The van der Waals surface area contributed by atoms with Gasteiger partial charge in [-0.25, -0.2) is 4.98 Å². The summed E-state index contributed by atoms with van der Waals surface area (Å²) in [6.07, 6.45) is 1.70. The first-order valence-electron chi connectivity index (χ1n) is 6.97. The molecule has 0 spiro atoms. The highest BCUT2D eigenvalue weighted by Crippen LogP contribution is 2.18. The van der Waals surface area contributed by atoms with Gasteiger partial charge in [-0.3, -0.25) is 9.59 Å². The molecule has 1 aromatic heterocycles. The van der Waals surface area contributed by atoms with E-state index in [2.05, 4.69) is 15.3 Å². The molecule has 0 aliphatic carbocycles. The Morgan fingerprint density at radius 2 is 2.15 bits per heavy atom. The van der Waals surface area contributed by atoms with E-state index in [4.69, 9.17) is 0 Å². The zero-order chi connectivity index (χ0) is 15.1. The highest BCUT2D eigenvalue weighted by molar-refractivity contribution is 8.00. The molecule has 5 nitrogen and oxygen atoms in total. The number of rotatable bonds is 7. The van der Waals surface area contributed by atoms with Gasteiger partial charge in [-0.05, 0) is 19.3 Å². The summed E-state index contributed by atoms with van der Waals surface area (Å²) in [6, 6.07) is 1.51. The molecule has 0 saturated carbocycles. The minimum atomic E-state index is -0.284. The summed E-state index contributed by atoms with van der Waals surface area (Å²) >= 11 is 1.28.